The number of aromatic nitrogens is 2. The van der Waals surface area contributed by atoms with Crippen molar-refractivity contribution in [2.45, 2.75) is 58.0 Å². The van der Waals surface area contributed by atoms with Gasteiger partial charge >= 0.3 is 0 Å². The third-order valence-corrected chi connectivity index (χ3v) is 7.34. The highest BCUT2D eigenvalue weighted by Crippen LogP contribution is 2.48. The van der Waals surface area contributed by atoms with Crippen LogP contribution in [0.5, 0.6) is 0 Å². The Balaban J connectivity index is 1.49. The number of hydrogen-bond acceptors (Lipinski definition) is 4. The number of halogens is 1. The highest BCUT2D eigenvalue weighted by atomic mass is 35.5. The van der Waals surface area contributed by atoms with Crippen LogP contribution in [0.25, 0.3) is 22.3 Å². The molecule has 1 saturated carbocycles. The van der Waals surface area contributed by atoms with E-state index in [-0.39, 0.29) is 24.1 Å². The van der Waals surface area contributed by atoms with Crippen LogP contribution in [0.2, 0.25) is 5.02 Å². The van der Waals surface area contributed by atoms with Crippen LogP contribution < -0.4 is 10.9 Å². The fourth-order valence-electron chi connectivity index (χ4n) is 5.31. The van der Waals surface area contributed by atoms with Crippen molar-refractivity contribution >= 4 is 28.4 Å². The Morgan fingerprint density at radius 1 is 1.14 bits per heavy atom. The number of nitrogens with zero attached hydrogens (tertiary/aromatic N) is 3. The molecule has 2 fully saturated rings. The Bertz CT molecular complexity index is 1300. The van der Waals surface area contributed by atoms with Gasteiger partial charge in [0.25, 0.3) is 5.56 Å². The molecule has 2 atom stereocenters. The molecular weight excluding hydrogens is 460 g/mol. The van der Waals surface area contributed by atoms with Crippen LogP contribution in [0, 0.1) is 5.92 Å². The summed E-state index contributed by atoms with van der Waals surface area (Å²) in [5.41, 5.74) is 2.36. The first-order valence-corrected chi connectivity index (χ1v) is 13.1. The zero-order valence-corrected chi connectivity index (χ0v) is 21.2. The van der Waals surface area contributed by atoms with Gasteiger partial charge in [0.1, 0.15) is 12.4 Å². The Morgan fingerprint density at radius 3 is 2.69 bits per heavy atom. The summed E-state index contributed by atoms with van der Waals surface area (Å²) < 4.78 is 1.48. The van der Waals surface area contributed by atoms with E-state index in [0.717, 1.165) is 6.54 Å². The fraction of sp³-hybridized carbons (Fsp3) is 0.464. The molecule has 1 saturated heterocycles. The van der Waals surface area contributed by atoms with Gasteiger partial charge in [0.15, 0.2) is 0 Å². The van der Waals surface area contributed by atoms with Crippen LogP contribution in [0.1, 0.15) is 51.0 Å². The fourth-order valence-corrected chi connectivity index (χ4v) is 5.50. The lowest BCUT2D eigenvalue weighted by molar-refractivity contribution is -0.122. The molecule has 1 amide bonds. The molecule has 7 heteroatoms. The monoisotopic (exact) mass is 492 g/mol. The van der Waals surface area contributed by atoms with Gasteiger partial charge in [-0.1, -0.05) is 36.2 Å². The molecule has 5 rings (SSSR count). The van der Waals surface area contributed by atoms with Crippen LogP contribution in [0.15, 0.2) is 47.3 Å². The summed E-state index contributed by atoms with van der Waals surface area (Å²) in [4.78, 5) is 33.8. The summed E-state index contributed by atoms with van der Waals surface area (Å²) >= 11 is 6.23. The van der Waals surface area contributed by atoms with Gasteiger partial charge in [0, 0.05) is 23.2 Å². The molecule has 1 aliphatic heterocycles. The van der Waals surface area contributed by atoms with Crippen molar-refractivity contribution in [1.29, 1.82) is 0 Å². The molecule has 1 N–H and O–H groups in total. The van der Waals surface area contributed by atoms with Gasteiger partial charge < -0.3 is 10.2 Å². The lowest BCUT2D eigenvalue weighted by atomic mass is 10.1. The van der Waals surface area contributed by atoms with E-state index in [1.54, 1.807) is 12.1 Å². The zero-order chi connectivity index (χ0) is 24.5. The Kier molecular flexibility index (Phi) is 6.94. The zero-order valence-electron chi connectivity index (χ0n) is 20.5. The number of hydrogen-bond donors (Lipinski definition) is 1. The van der Waals surface area contributed by atoms with Crippen molar-refractivity contribution in [2.75, 3.05) is 19.6 Å². The van der Waals surface area contributed by atoms with Gasteiger partial charge in [-0.2, -0.15) is 0 Å². The second-order valence-corrected chi connectivity index (χ2v) is 10.7. The number of likely N-dealkylation sites (tertiary alicyclic amines) is 1. The molecule has 184 valence electrons. The molecule has 2 aliphatic rings. The van der Waals surface area contributed by atoms with Gasteiger partial charge in [0.2, 0.25) is 5.91 Å². The summed E-state index contributed by atoms with van der Waals surface area (Å²) in [7, 11) is 0. The van der Waals surface area contributed by atoms with E-state index < -0.39 is 0 Å². The van der Waals surface area contributed by atoms with Crippen molar-refractivity contribution in [3.05, 3.63) is 63.4 Å². The minimum atomic E-state index is -0.216. The molecule has 0 spiro atoms. The highest BCUT2D eigenvalue weighted by Gasteiger charge is 2.39. The number of carbonyl (C=O) groups excluding carboxylic acids is 1. The quantitative estimate of drug-likeness (QED) is 0.513. The smallest absolute Gasteiger partial charge is 0.262 e. The highest BCUT2D eigenvalue weighted by molar-refractivity contribution is 6.30. The molecule has 1 aromatic heterocycles. The van der Waals surface area contributed by atoms with Crippen molar-refractivity contribution in [3.8, 4) is 11.4 Å². The average molecular weight is 493 g/mol. The molecule has 6 nitrogen and oxygen atoms in total. The maximum absolute atomic E-state index is 13.7. The van der Waals surface area contributed by atoms with Crippen molar-refractivity contribution < 1.29 is 4.79 Å². The number of nitrogens with one attached hydrogen (secondary N) is 1. The SMILES string of the molecule is CC(C)NC(=O)Cn1c(-c2cccc(Cl)c2)nc2ccc([C@@H]3C[C@@H]3CN3CCCCC3)cc2c1=O. The topological polar surface area (TPSA) is 67.2 Å². The molecule has 0 bridgehead atoms. The van der Waals surface area contributed by atoms with Crippen LogP contribution in [0.3, 0.4) is 0 Å². The van der Waals surface area contributed by atoms with E-state index in [0.29, 0.717) is 39.1 Å². The largest absolute Gasteiger partial charge is 0.352 e. The van der Waals surface area contributed by atoms with Crippen molar-refractivity contribution in [2.24, 2.45) is 5.92 Å². The number of benzene rings is 2. The molecule has 0 unspecified atom stereocenters. The number of piperidine rings is 1. The van der Waals surface area contributed by atoms with E-state index in [9.17, 15) is 9.59 Å². The molecule has 35 heavy (non-hydrogen) atoms. The maximum Gasteiger partial charge on any atom is 0.262 e. The molecule has 3 aromatic rings. The lowest BCUT2D eigenvalue weighted by Gasteiger charge is -2.26. The summed E-state index contributed by atoms with van der Waals surface area (Å²) in [6.07, 6.45) is 5.12. The van der Waals surface area contributed by atoms with Gasteiger partial charge in [-0.05, 0) is 87.9 Å². The maximum atomic E-state index is 13.7. The standard InChI is InChI=1S/C28H33ClN4O2/c1-18(2)30-26(34)17-33-27(20-7-6-8-22(29)13-20)31-25-10-9-19(14-24(25)28(33)35)23-15-21(23)16-32-11-4-3-5-12-32/h6-10,13-14,18,21,23H,3-5,11-12,15-17H2,1-2H3,(H,30,34)/t21-,23+/m1/s1. The molecule has 2 heterocycles. The molecule has 1 aliphatic carbocycles. The summed E-state index contributed by atoms with van der Waals surface area (Å²) in [5.74, 6) is 1.38. The van der Waals surface area contributed by atoms with Gasteiger partial charge in [-0.15, -0.1) is 0 Å². The van der Waals surface area contributed by atoms with E-state index in [1.165, 1.54) is 48.9 Å². The number of fused-ring (bicyclic) bond motifs is 1. The van der Waals surface area contributed by atoms with E-state index in [4.69, 9.17) is 16.6 Å². The number of rotatable bonds is 7. The normalized spacial score (nSPS) is 20.3. The molecule has 2 aromatic carbocycles. The van der Waals surface area contributed by atoms with Crippen LogP contribution in [0.4, 0.5) is 0 Å². The van der Waals surface area contributed by atoms with Crippen molar-refractivity contribution in [1.82, 2.24) is 19.8 Å². The first-order valence-electron chi connectivity index (χ1n) is 12.7. The minimum absolute atomic E-state index is 0.0143. The second-order valence-electron chi connectivity index (χ2n) is 10.3. The molecular formula is C28H33ClN4O2. The van der Waals surface area contributed by atoms with Crippen LogP contribution in [-0.2, 0) is 11.3 Å². The Hall–Kier alpha value is -2.70. The number of amides is 1. The van der Waals surface area contributed by atoms with Crippen molar-refractivity contribution in [3.63, 3.8) is 0 Å². The first-order chi connectivity index (χ1) is 16.9. The van der Waals surface area contributed by atoms with E-state index in [1.807, 2.05) is 38.1 Å². The predicted molar refractivity (Wildman–Crippen MR) is 141 cm³/mol. The summed E-state index contributed by atoms with van der Waals surface area (Å²) in [6.45, 7) is 7.28. The van der Waals surface area contributed by atoms with Crippen LogP contribution in [-0.4, -0.2) is 46.0 Å². The summed E-state index contributed by atoms with van der Waals surface area (Å²) in [6, 6.07) is 13.3. The van der Waals surface area contributed by atoms with E-state index in [2.05, 4.69) is 16.3 Å². The van der Waals surface area contributed by atoms with Gasteiger partial charge in [-0.25, -0.2) is 4.98 Å². The van der Waals surface area contributed by atoms with Gasteiger partial charge in [0.05, 0.1) is 10.9 Å². The summed E-state index contributed by atoms with van der Waals surface area (Å²) in [5, 5.41) is 4.00. The van der Waals surface area contributed by atoms with E-state index >= 15 is 0 Å². The third kappa shape index (κ3) is 5.44. The lowest BCUT2D eigenvalue weighted by Crippen LogP contribution is -2.37. The first kappa shape index (κ1) is 24.0. The van der Waals surface area contributed by atoms with Crippen LogP contribution >= 0.6 is 11.6 Å². The minimum Gasteiger partial charge on any atom is -0.352 e. The third-order valence-electron chi connectivity index (χ3n) is 7.10. The Labute approximate surface area is 211 Å². The molecule has 0 radical (unpaired) electrons. The predicted octanol–water partition coefficient (Wildman–Crippen LogP) is 4.83. The van der Waals surface area contributed by atoms with Gasteiger partial charge in [-0.3, -0.25) is 14.2 Å². The average Bonchev–Trinajstić information content (AvgIpc) is 3.59. The number of carbonyl (C=O) groups is 1. The second kappa shape index (κ2) is 10.1. The Morgan fingerprint density at radius 2 is 1.94 bits per heavy atom.